The van der Waals surface area contributed by atoms with Gasteiger partial charge in [0.2, 0.25) is 11.9 Å². The number of fused-ring (bicyclic) bond motifs is 1. The standard InChI is InChI=1S/C24H20ClN7/c1-31(21-9-5-8-19(25)13-21)24-27-16-26-23(29-24)28-20-10-11-22-18(12-20)15-32(30-22)14-17-6-3-2-4-7-17/h2-13,15-16H,14H2,1H3,(H,26,27,28,29). The Bertz CT molecular complexity index is 1370. The van der Waals surface area contributed by atoms with Gasteiger partial charge in [0.15, 0.2) is 0 Å². The number of hydrogen-bond donors (Lipinski definition) is 1. The minimum absolute atomic E-state index is 0.458. The Kier molecular flexibility index (Phi) is 5.39. The fourth-order valence-corrected chi connectivity index (χ4v) is 3.63. The Balaban J connectivity index is 1.35. The third-order valence-corrected chi connectivity index (χ3v) is 5.29. The highest BCUT2D eigenvalue weighted by Crippen LogP contribution is 2.25. The molecule has 0 aliphatic carbocycles. The maximum Gasteiger partial charge on any atom is 0.234 e. The van der Waals surface area contributed by atoms with Crippen molar-refractivity contribution in [3.05, 3.63) is 95.9 Å². The predicted octanol–water partition coefficient (Wildman–Crippen LogP) is 5.43. The van der Waals surface area contributed by atoms with Crippen LogP contribution in [0.5, 0.6) is 0 Å². The van der Waals surface area contributed by atoms with Crippen molar-refractivity contribution in [2.75, 3.05) is 17.3 Å². The number of aromatic nitrogens is 5. The smallest absolute Gasteiger partial charge is 0.234 e. The van der Waals surface area contributed by atoms with Crippen LogP contribution in [0.1, 0.15) is 5.56 Å². The van der Waals surface area contributed by atoms with Gasteiger partial charge in [-0.15, -0.1) is 0 Å². The van der Waals surface area contributed by atoms with Crippen LogP contribution in [0.25, 0.3) is 10.9 Å². The Morgan fingerprint density at radius 1 is 0.969 bits per heavy atom. The van der Waals surface area contributed by atoms with Crippen LogP contribution in [-0.2, 0) is 6.54 Å². The van der Waals surface area contributed by atoms with E-state index in [1.807, 2.05) is 83.5 Å². The predicted molar refractivity (Wildman–Crippen MR) is 128 cm³/mol. The van der Waals surface area contributed by atoms with Gasteiger partial charge in [-0.05, 0) is 42.0 Å². The zero-order chi connectivity index (χ0) is 21.9. The lowest BCUT2D eigenvalue weighted by Crippen LogP contribution is -2.14. The number of rotatable bonds is 6. The second-order valence-electron chi connectivity index (χ2n) is 7.36. The number of hydrogen-bond acceptors (Lipinski definition) is 6. The number of nitrogens with zero attached hydrogens (tertiary/aromatic N) is 6. The van der Waals surface area contributed by atoms with Crippen molar-refractivity contribution >= 4 is 45.8 Å². The normalized spacial score (nSPS) is 10.9. The molecule has 32 heavy (non-hydrogen) atoms. The first-order valence-corrected chi connectivity index (χ1v) is 10.5. The maximum absolute atomic E-state index is 6.11. The van der Waals surface area contributed by atoms with Gasteiger partial charge in [0.1, 0.15) is 6.33 Å². The van der Waals surface area contributed by atoms with E-state index in [4.69, 9.17) is 11.6 Å². The lowest BCUT2D eigenvalue weighted by Gasteiger charge is -2.17. The Morgan fingerprint density at radius 3 is 2.69 bits per heavy atom. The summed E-state index contributed by atoms with van der Waals surface area (Å²) in [6, 6.07) is 23.8. The molecule has 3 aromatic carbocycles. The summed E-state index contributed by atoms with van der Waals surface area (Å²) in [5.74, 6) is 0.974. The quantitative estimate of drug-likeness (QED) is 0.378. The SMILES string of the molecule is CN(c1cccc(Cl)c1)c1ncnc(Nc2ccc3nn(Cc4ccccc4)cc3c2)n1. The molecule has 158 valence electrons. The molecule has 7 nitrogen and oxygen atoms in total. The van der Waals surface area contributed by atoms with Gasteiger partial charge in [-0.2, -0.15) is 10.1 Å². The van der Waals surface area contributed by atoms with E-state index in [2.05, 4.69) is 37.5 Å². The summed E-state index contributed by atoms with van der Waals surface area (Å²) in [4.78, 5) is 15.0. The van der Waals surface area contributed by atoms with Crippen molar-refractivity contribution in [3.8, 4) is 0 Å². The monoisotopic (exact) mass is 441 g/mol. The summed E-state index contributed by atoms with van der Waals surface area (Å²) in [6.45, 7) is 0.727. The molecular weight excluding hydrogens is 422 g/mol. The van der Waals surface area contributed by atoms with E-state index >= 15 is 0 Å². The summed E-state index contributed by atoms with van der Waals surface area (Å²) in [6.07, 6.45) is 3.53. The Hall–Kier alpha value is -3.97. The van der Waals surface area contributed by atoms with Crippen LogP contribution in [0.15, 0.2) is 85.3 Å². The molecule has 0 bridgehead atoms. The molecule has 1 N–H and O–H groups in total. The van der Waals surface area contributed by atoms with E-state index in [1.165, 1.54) is 11.9 Å². The Labute approximate surface area is 190 Å². The molecule has 0 atom stereocenters. The average molecular weight is 442 g/mol. The van der Waals surface area contributed by atoms with Gasteiger partial charge in [-0.3, -0.25) is 4.68 Å². The lowest BCUT2D eigenvalue weighted by molar-refractivity contribution is 0.696. The minimum atomic E-state index is 0.458. The van der Waals surface area contributed by atoms with E-state index in [-0.39, 0.29) is 0 Å². The molecule has 2 heterocycles. The summed E-state index contributed by atoms with van der Waals surface area (Å²) < 4.78 is 1.95. The topological polar surface area (TPSA) is 71.8 Å². The second-order valence-corrected chi connectivity index (χ2v) is 7.80. The zero-order valence-electron chi connectivity index (χ0n) is 17.4. The van der Waals surface area contributed by atoms with Crippen LogP contribution < -0.4 is 10.2 Å². The van der Waals surface area contributed by atoms with Crippen molar-refractivity contribution in [2.45, 2.75) is 6.54 Å². The third-order valence-electron chi connectivity index (χ3n) is 5.05. The maximum atomic E-state index is 6.11. The fourth-order valence-electron chi connectivity index (χ4n) is 3.44. The number of anilines is 4. The molecule has 0 fully saturated rings. The minimum Gasteiger partial charge on any atom is -0.324 e. The molecule has 0 unspecified atom stereocenters. The van der Waals surface area contributed by atoms with Crippen LogP contribution in [0.3, 0.4) is 0 Å². The first-order chi connectivity index (χ1) is 15.6. The fraction of sp³-hybridized carbons (Fsp3) is 0.0833. The molecule has 0 radical (unpaired) electrons. The van der Waals surface area contributed by atoms with E-state index in [1.54, 1.807) is 0 Å². The average Bonchev–Trinajstić information content (AvgIpc) is 3.21. The molecular formula is C24H20ClN7. The highest BCUT2D eigenvalue weighted by Gasteiger charge is 2.10. The molecule has 8 heteroatoms. The molecule has 0 aliphatic rings. The molecule has 0 spiro atoms. The summed E-state index contributed by atoms with van der Waals surface area (Å²) in [5.41, 5.74) is 3.91. The van der Waals surface area contributed by atoms with Crippen LogP contribution in [0.2, 0.25) is 5.02 Å². The Morgan fingerprint density at radius 2 is 1.84 bits per heavy atom. The van der Waals surface area contributed by atoms with Crippen molar-refractivity contribution in [1.82, 2.24) is 24.7 Å². The van der Waals surface area contributed by atoms with Gasteiger partial charge in [-0.1, -0.05) is 48.0 Å². The van der Waals surface area contributed by atoms with Crippen LogP contribution in [-0.4, -0.2) is 31.8 Å². The highest BCUT2D eigenvalue weighted by molar-refractivity contribution is 6.30. The van der Waals surface area contributed by atoms with E-state index < -0.39 is 0 Å². The van der Waals surface area contributed by atoms with Gasteiger partial charge in [-0.25, -0.2) is 9.97 Å². The van der Waals surface area contributed by atoms with Crippen molar-refractivity contribution in [2.24, 2.45) is 0 Å². The summed E-state index contributed by atoms with van der Waals surface area (Å²) in [7, 11) is 1.89. The molecule has 0 aliphatic heterocycles. The molecule has 0 saturated carbocycles. The molecule has 5 rings (SSSR count). The van der Waals surface area contributed by atoms with Crippen molar-refractivity contribution in [3.63, 3.8) is 0 Å². The van der Waals surface area contributed by atoms with Gasteiger partial charge in [0, 0.05) is 35.0 Å². The van der Waals surface area contributed by atoms with Gasteiger partial charge < -0.3 is 10.2 Å². The number of halogens is 1. The van der Waals surface area contributed by atoms with Crippen molar-refractivity contribution < 1.29 is 0 Å². The molecule has 5 aromatic rings. The van der Waals surface area contributed by atoms with E-state index in [9.17, 15) is 0 Å². The summed E-state index contributed by atoms with van der Waals surface area (Å²) in [5, 5.41) is 9.62. The van der Waals surface area contributed by atoms with Gasteiger partial charge in [0.05, 0.1) is 12.1 Å². The first-order valence-electron chi connectivity index (χ1n) is 10.1. The molecule has 0 amide bonds. The summed E-state index contributed by atoms with van der Waals surface area (Å²) >= 11 is 6.11. The van der Waals surface area contributed by atoms with E-state index in [0.29, 0.717) is 16.9 Å². The van der Waals surface area contributed by atoms with Gasteiger partial charge >= 0.3 is 0 Å². The zero-order valence-corrected chi connectivity index (χ0v) is 18.1. The molecule has 2 aromatic heterocycles. The van der Waals surface area contributed by atoms with E-state index in [0.717, 1.165) is 28.8 Å². The van der Waals surface area contributed by atoms with Gasteiger partial charge in [0.25, 0.3) is 0 Å². The van der Waals surface area contributed by atoms with Crippen molar-refractivity contribution in [1.29, 1.82) is 0 Å². The van der Waals surface area contributed by atoms with Crippen LogP contribution in [0.4, 0.5) is 23.3 Å². The third kappa shape index (κ3) is 4.38. The first kappa shape index (κ1) is 20.0. The number of nitrogens with one attached hydrogen (secondary N) is 1. The van der Waals surface area contributed by atoms with Crippen LogP contribution >= 0.6 is 11.6 Å². The molecule has 0 saturated heterocycles. The second kappa shape index (κ2) is 8.64. The largest absolute Gasteiger partial charge is 0.324 e. The lowest BCUT2D eigenvalue weighted by atomic mass is 10.2. The number of benzene rings is 3. The van der Waals surface area contributed by atoms with Crippen LogP contribution in [0, 0.1) is 0 Å². The highest BCUT2D eigenvalue weighted by atomic mass is 35.5.